The van der Waals surface area contributed by atoms with Gasteiger partial charge in [-0.25, -0.2) is 0 Å². The molecule has 0 radical (unpaired) electrons. The summed E-state index contributed by atoms with van der Waals surface area (Å²) in [5.41, 5.74) is 6.41. The van der Waals surface area contributed by atoms with Crippen molar-refractivity contribution in [2.45, 2.75) is 30.2 Å². The summed E-state index contributed by atoms with van der Waals surface area (Å²) in [6.07, 6.45) is 4.07. The van der Waals surface area contributed by atoms with Crippen LogP contribution in [-0.2, 0) is 0 Å². The van der Waals surface area contributed by atoms with Crippen LogP contribution in [-0.4, -0.2) is 35.7 Å². The van der Waals surface area contributed by atoms with Crippen molar-refractivity contribution < 1.29 is 4.79 Å². The van der Waals surface area contributed by atoms with Crippen molar-refractivity contribution in [3.63, 3.8) is 0 Å². The first-order chi connectivity index (χ1) is 8.60. The molecular weight excluding hydrogens is 244 g/mol. The van der Waals surface area contributed by atoms with E-state index in [-0.39, 0.29) is 11.4 Å². The van der Waals surface area contributed by atoms with Gasteiger partial charge in [-0.05, 0) is 50.3 Å². The van der Waals surface area contributed by atoms with Crippen LogP contribution in [0.15, 0.2) is 29.2 Å². The second kappa shape index (κ2) is 5.33. The molecule has 1 fully saturated rings. The summed E-state index contributed by atoms with van der Waals surface area (Å²) >= 11 is 1.68. The van der Waals surface area contributed by atoms with Gasteiger partial charge < -0.3 is 10.6 Å². The topological polar surface area (TPSA) is 46.3 Å². The van der Waals surface area contributed by atoms with Crippen LogP contribution in [0.2, 0.25) is 0 Å². The minimum Gasteiger partial charge on any atom is -0.332 e. The van der Waals surface area contributed by atoms with Gasteiger partial charge >= 0.3 is 0 Å². The van der Waals surface area contributed by atoms with E-state index >= 15 is 0 Å². The van der Waals surface area contributed by atoms with Crippen molar-refractivity contribution >= 4 is 17.7 Å². The molecule has 0 bridgehead atoms. The molecule has 0 aromatic heterocycles. The van der Waals surface area contributed by atoms with Crippen LogP contribution in [0.5, 0.6) is 0 Å². The lowest BCUT2D eigenvalue weighted by Crippen LogP contribution is -2.50. The van der Waals surface area contributed by atoms with Gasteiger partial charge in [0, 0.05) is 23.5 Å². The zero-order chi connectivity index (χ0) is 13.2. The monoisotopic (exact) mass is 264 g/mol. The van der Waals surface area contributed by atoms with Gasteiger partial charge in [-0.15, -0.1) is 11.8 Å². The normalized spacial score (nSPS) is 23.4. The summed E-state index contributed by atoms with van der Waals surface area (Å²) in [6, 6.07) is 7.80. The first-order valence-electron chi connectivity index (χ1n) is 6.27. The number of benzene rings is 1. The van der Waals surface area contributed by atoms with E-state index in [2.05, 4.69) is 6.92 Å². The maximum absolute atomic E-state index is 12.5. The van der Waals surface area contributed by atoms with Crippen LogP contribution >= 0.6 is 11.8 Å². The highest BCUT2D eigenvalue weighted by Gasteiger charge is 2.38. The number of carbonyl (C=O) groups excluding carboxylic acids is 1. The summed E-state index contributed by atoms with van der Waals surface area (Å²) in [4.78, 5) is 15.6. The van der Waals surface area contributed by atoms with Crippen molar-refractivity contribution in [3.05, 3.63) is 29.8 Å². The average molecular weight is 264 g/mol. The third-order valence-corrected chi connectivity index (χ3v) is 4.51. The summed E-state index contributed by atoms with van der Waals surface area (Å²) in [5, 5.41) is 0. The number of nitrogens with two attached hydrogens (primary N) is 1. The second-order valence-electron chi connectivity index (χ2n) is 4.99. The average Bonchev–Trinajstić information content (AvgIpc) is 2.81. The largest absolute Gasteiger partial charge is 0.332 e. The fraction of sp³-hybridized carbons (Fsp3) is 0.500. The van der Waals surface area contributed by atoms with Gasteiger partial charge in [-0.1, -0.05) is 0 Å². The molecule has 1 atom stereocenters. The molecule has 3 nitrogen and oxygen atoms in total. The van der Waals surface area contributed by atoms with Crippen molar-refractivity contribution in [1.82, 2.24) is 4.90 Å². The summed E-state index contributed by atoms with van der Waals surface area (Å²) in [7, 11) is 0. The first-order valence-corrected chi connectivity index (χ1v) is 7.49. The highest BCUT2D eigenvalue weighted by Crippen LogP contribution is 2.29. The van der Waals surface area contributed by atoms with Crippen LogP contribution in [0.25, 0.3) is 0 Å². The van der Waals surface area contributed by atoms with Gasteiger partial charge in [0.25, 0.3) is 5.91 Å². The van der Waals surface area contributed by atoms with Crippen LogP contribution in [0.1, 0.15) is 30.1 Å². The number of likely N-dealkylation sites (tertiary alicyclic amines) is 1. The number of carbonyl (C=O) groups is 1. The lowest BCUT2D eigenvalue weighted by Gasteiger charge is -2.34. The number of hydrogen-bond acceptors (Lipinski definition) is 3. The van der Waals surface area contributed by atoms with Gasteiger partial charge in [0.15, 0.2) is 0 Å². The molecule has 1 unspecified atom stereocenters. The quantitative estimate of drug-likeness (QED) is 0.853. The van der Waals surface area contributed by atoms with E-state index in [0.717, 1.165) is 24.9 Å². The molecule has 1 aliphatic rings. The molecule has 0 aliphatic carbocycles. The predicted octanol–water partition coefficient (Wildman–Crippen LogP) is 2.36. The Bertz CT molecular complexity index is 432. The third-order valence-electron chi connectivity index (χ3n) is 3.77. The molecule has 18 heavy (non-hydrogen) atoms. The summed E-state index contributed by atoms with van der Waals surface area (Å²) in [5.74, 6) is 0.105. The highest BCUT2D eigenvalue weighted by atomic mass is 32.2. The van der Waals surface area contributed by atoms with Crippen LogP contribution < -0.4 is 5.73 Å². The molecule has 1 saturated heterocycles. The minimum absolute atomic E-state index is 0.105. The number of amides is 1. The molecule has 1 aromatic carbocycles. The standard InChI is InChI=1S/C14H20N2OS/c1-14(10-15)8-3-9-16(14)13(17)11-4-6-12(18-2)7-5-11/h4-7H,3,8-10,15H2,1-2H3. The van der Waals surface area contributed by atoms with Crippen molar-refractivity contribution in [2.75, 3.05) is 19.3 Å². The molecule has 1 amide bonds. The Morgan fingerprint density at radius 2 is 2.11 bits per heavy atom. The molecular formula is C14H20N2OS. The van der Waals surface area contributed by atoms with E-state index in [1.54, 1.807) is 11.8 Å². The van der Waals surface area contributed by atoms with E-state index in [1.165, 1.54) is 4.90 Å². The van der Waals surface area contributed by atoms with Crippen molar-refractivity contribution in [2.24, 2.45) is 5.73 Å². The number of nitrogens with zero attached hydrogens (tertiary/aromatic N) is 1. The van der Waals surface area contributed by atoms with Gasteiger partial charge in [0.05, 0.1) is 5.54 Å². The molecule has 2 N–H and O–H groups in total. The van der Waals surface area contributed by atoms with E-state index in [4.69, 9.17) is 5.73 Å². The lowest BCUT2D eigenvalue weighted by molar-refractivity contribution is 0.0637. The van der Waals surface area contributed by atoms with Crippen LogP contribution in [0.4, 0.5) is 0 Å². The Labute approximate surface area is 113 Å². The van der Waals surface area contributed by atoms with E-state index in [1.807, 2.05) is 35.4 Å². The molecule has 0 saturated carbocycles. The smallest absolute Gasteiger partial charge is 0.254 e. The second-order valence-corrected chi connectivity index (χ2v) is 5.87. The Morgan fingerprint density at radius 1 is 1.44 bits per heavy atom. The van der Waals surface area contributed by atoms with Crippen molar-refractivity contribution in [3.8, 4) is 0 Å². The lowest BCUT2D eigenvalue weighted by atomic mass is 9.98. The zero-order valence-corrected chi connectivity index (χ0v) is 11.8. The third kappa shape index (κ3) is 2.40. The summed E-state index contributed by atoms with van der Waals surface area (Å²) < 4.78 is 0. The Hall–Kier alpha value is -1.00. The van der Waals surface area contributed by atoms with Crippen LogP contribution in [0.3, 0.4) is 0 Å². The van der Waals surface area contributed by atoms with Gasteiger partial charge in [0.1, 0.15) is 0 Å². The van der Waals surface area contributed by atoms with Gasteiger partial charge in [-0.2, -0.15) is 0 Å². The molecule has 0 spiro atoms. The first kappa shape index (κ1) is 13.4. The Kier molecular flexibility index (Phi) is 3.97. The number of rotatable bonds is 3. The molecule has 2 rings (SSSR count). The van der Waals surface area contributed by atoms with Crippen LogP contribution in [0, 0.1) is 0 Å². The fourth-order valence-electron chi connectivity index (χ4n) is 2.47. The SMILES string of the molecule is CSc1ccc(C(=O)N2CCCC2(C)CN)cc1. The van der Waals surface area contributed by atoms with Gasteiger partial charge in [0.2, 0.25) is 0 Å². The summed E-state index contributed by atoms with van der Waals surface area (Å²) in [6.45, 7) is 3.42. The van der Waals surface area contributed by atoms with Crippen molar-refractivity contribution in [1.29, 1.82) is 0 Å². The van der Waals surface area contributed by atoms with Gasteiger partial charge in [-0.3, -0.25) is 4.79 Å². The zero-order valence-electron chi connectivity index (χ0n) is 11.0. The predicted molar refractivity (Wildman–Crippen MR) is 76.0 cm³/mol. The molecule has 98 valence electrons. The maximum Gasteiger partial charge on any atom is 0.254 e. The molecule has 1 aromatic rings. The Balaban J connectivity index is 2.20. The maximum atomic E-state index is 12.5. The fourth-order valence-corrected chi connectivity index (χ4v) is 2.88. The van der Waals surface area contributed by atoms with E-state index in [9.17, 15) is 4.79 Å². The van der Waals surface area contributed by atoms with E-state index < -0.39 is 0 Å². The minimum atomic E-state index is -0.171. The molecule has 1 heterocycles. The number of hydrogen-bond donors (Lipinski definition) is 1. The number of thioether (sulfide) groups is 1. The molecule has 4 heteroatoms. The Morgan fingerprint density at radius 3 is 2.67 bits per heavy atom. The molecule has 1 aliphatic heterocycles. The highest BCUT2D eigenvalue weighted by molar-refractivity contribution is 7.98. The van der Waals surface area contributed by atoms with E-state index in [0.29, 0.717) is 6.54 Å².